The van der Waals surface area contributed by atoms with Gasteiger partial charge in [0.25, 0.3) is 5.56 Å². The molecule has 0 bridgehead atoms. The molecular formula is C25H25N5O4. The Labute approximate surface area is 195 Å². The molecule has 0 spiro atoms. The van der Waals surface area contributed by atoms with E-state index >= 15 is 0 Å². The van der Waals surface area contributed by atoms with E-state index in [1.54, 1.807) is 31.4 Å². The molecule has 0 radical (unpaired) electrons. The molecule has 0 fully saturated rings. The van der Waals surface area contributed by atoms with E-state index in [2.05, 4.69) is 29.1 Å². The first kappa shape index (κ1) is 22.9. The third-order valence-corrected chi connectivity index (χ3v) is 5.51. The van der Waals surface area contributed by atoms with Gasteiger partial charge in [-0.1, -0.05) is 38.1 Å². The first-order valence-corrected chi connectivity index (χ1v) is 10.8. The topological polar surface area (TPSA) is 108 Å². The van der Waals surface area contributed by atoms with Crippen LogP contribution in [0.4, 0.5) is 5.69 Å². The van der Waals surface area contributed by atoms with Crippen molar-refractivity contribution in [2.45, 2.75) is 32.9 Å². The fraction of sp³-hybridized carbons (Fsp3) is 0.240. The first-order valence-electron chi connectivity index (χ1n) is 10.8. The molecule has 2 aromatic heterocycles. The number of nitrogens with one attached hydrogen (secondary N) is 1. The predicted molar refractivity (Wildman–Crippen MR) is 129 cm³/mol. The molecular weight excluding hydrogens is 434 g/mol. The molecule has 2 aromatic carbocycles. The van der Waals surface area contributed by atoms with Crippen LogP contribution >= 0.6 is 0 Å². The van der Waals surface area contributed by atoms with Gasteiger partial charge in [0.1, 0.15) is 12.3 Å². The lowest BCUT2D eigenvalue weighted by Crippen LogP contribution is -2.42. The van der Waals surface area contributed by atoms with Gasteiger partial charge in [0.2, 0.25) is 5.91 Å². The first-order chi connectivity index (χ1) is 16.4. The Hall–Kier alpha value is -4.27. The van der Waals surface area contributed by atoms with E-state index in [1.807, 2.05) is 24.3 Å². The van der Waals surface area contributed by atoms with E-state index in [0.29, 0.717) is 17.4 Å². The number of carbonyl (C=O) groups is 1. The minimum atomic E-state index is -0.640. The number of anilines is 1. The minimum absolute atomic E-state index is 0.0182. The van der Waals surface area contributed by atoms with Crippen LogP contribution in [-0.2, 0) is 17.9 Å². The number of aromatic nitrogens is 4. The van der Waals surface area contributed by atoms with Gasteiger partial charge in [-0.2, -0.15) is 0 Å². The third kappa shape index (κ3) is 4.73. The van der Waals surface area contributed by atoms with Gasteiger partial charge in [-0.15, -0.1) is 0 Å². The standard InChI is InChI=1S/C25H25N5O4/c1-16(2)18-6-8-19(9-7-18)28-21(31)15-29-23-22(26-12-13-27-23)24(32)30(25(29)33)14-17-4-10-20(34-3)11-5-17/h4-13,16H,14-15H2,1-3H3,(H,28,31). The fourth-order valence-corrected chi connectivity index (χ4v) is 3.62. The molecule has 9 heteroatoms. The summed E-state index contributed by atoms with van der Waals surface area (Å²) in [4.78, 5) is 47.4. The average Bonchev–Trinajstić information content (AvgIpc) is 2.85. The highest BCUT2D eigenvalue weighted by Gasteiger charge is 2.17. The summed E-state index contributed by atoms with van der Waals surface area (Å²) in [5.74, 6) is 0.622. The van der Waals surface area contributed by atoms with E-state index in [0.717, 1.165) is 15.7 Å². The van der Waals surface area contributed by atoms with Crippen LogP contribution < -0.4 is 21.3 Å². The molecule has 0 aliphatic carbocycles. The third-order valence-electron chi connectivity index (χ3n) is 5.51. The van der Waals surface area contributed by atoms with E-state index in [-0.39, 0.29) is 24.3 Å². The zero-order chi connectivity index (χ0) is 24.2. The highest BCUT2D eigenvalue weighted by Crippen LogP contribution is 2.17. The highest BCUT2D eigenvalue weighted by molar-refractivity contribution is 5.91. The molecule has 9 nitrogen and oxygen atoms in total. The summed E-state index contributed by atoms with van der Waals surface area (Å²) in [6, 6.07) is 14.6. The number of carbonyl (C=O) groups excluding carboxylic acids is 1. The van der Waals surface area contributed by atoms with Crippen LogP contribution in [0.3, 0.4) is 0 Å². The lowest BCUT2D eigenvalue weighted by molar-refractivity contribution is -0.116. The summed E-state index contributed by atoms with van der Waals surface area (Å²) < 4.78 is 7.39. The molecule has 0 atom stereocenters. The van der Waals surface area contributed by atoms with Gasteiger partial charge in [-0.3, -0.25) is 18.7 Å². The van der Waals surface area contributed by atoms with Crippen molar-refractivity contribution in [3.8, 4) is 5.75 Å². The Bertz CT molecular complexity index is 1440. The molecule has 2 heterocycles. The number of methoxy groups -OCH3 is 1. The predicted octanol–water partition coefficient (Wildman–Crippen LogP) is 2.77. The number of amides is 1. The van der Waals surface area contributed by atoms with Crippen molar-refractivity contribution in [3.63, 3.8) is 0 Å². The average molecular weight is 460 g/mol. The fourth-order valence-electron chi connectivity index (χ4n) is 3.62. The smallest absolute Gasteiger partial charge is 0.333 e. The van der Waals surface area contributed by atoms with Crippen LogP contribution in [0, 0.1) is 0 Å². The molecule has 4 rings (SSSR count). The van der Waals surface area contributed by atoms with E-state index in [1.165, 1.54) is 17.0 Å². The van der Waals surface area contributed by atoms with Gasteiger partial charge >= 0.3 is 5.69 Å². The summed E-state index contributed by atoms with van der Waals surface area (Å²) in [5.41, 5.74) is 1.37. The Morgan fingerprint density at radius 3 is 2.29 bits per heavy atom. The zero-order valence-corrected chi connectivity index (χ0v) is 19.2. The van der Waals surface area contributed by atoms with Crippen molar-refractivity contribution in [1.29, 1.82) is 0 Å². The van der Waals surface area contributed by atoms with Crippen molar-refractivity contribution >= 4 is 22.8 Å². The summed E-state index contributed by atoms with van der Waals surface area (Å²) in [6.45, 7) is 3.88. The number of fused-ring (bicyclic) bond motifs is 1. The van der Waals surface area contributed by atoms with E-state index < -0.39 is 17.2 Å². The van der Waals surface area contributed by atoms with Crippen LogP contribution in [0.2, 0.25) is 0 Å². The largest absolute Gasteiger partial charge is 0.497 e. The Morgan fingerprint density at radius 2 is 1.65 bits per heavy atom. The Kier molecular flexibility index (Phi) is 6.53. The molecule has 4 aromatic rings. The summed E-state index contributed by atoms with van der Waals surface area (Å²) >= 11 is 0. The Balaban J connectivity index is 1.67. The molecule has 0 aliphatic rings. The lowest BCUT2D eigenvalue weighted by atomic mass is 10.0. The van der Waals surface area contributed by atoms with E-state index in [9.17, 15) is 14.4 Å². The number of nitrogens with zero attached hydrogens (tertiary/aromatic N) is 4. The van der Waals surface area contributed by atoms with Crippen LogP contribution in [0.1, 0.15) is 30.9 Å². The molecule has 34 heavy (non-hydrogen) atoms. The van der Waals surface area contributed by atoms with Gasteiger partial charge in [0.05, 0.1) is 13.7 Å². The SMILES string of the molecule is COc1ccc(Cn2c(=O)c3nccnc3n(CC(=O)Nc3ccc(C(C)C)cc3)c2=O)cc1. The molecule has 0 aliphatic heterocycles. The summed E-state index contributed by atoms with van der Waals surface area (Å²) in [6.07, 6.45) is 2.76. The van der Waals surface area contributed by atoms with Gasteiger partial charge in [0.15, 0.2) is 11.2 Å². The molecule has 1 N–H and O–H groups in total. The number of ether oxygens (including phenoxy) is 1. The van der Waals surface area contributed by atoms with Crippen molar-refractivity contribution < 1.29 is 9.53 Å². The number of benzene rings is 2. The van der Waals surface area contributed by atoms with Crippen LogP contribution in [0.25, 0.3) is 11.2 Å². The molecule has 0 unspecified atom stereocenters. The monoisotopic (exact) mass is 459 g/mol. The molecule has 0 saturated carbocycles. The van der Waals surface area contributed by atoms with Gasteiger partial charge in [0, 0.05) is 18.1 Å². The van der Waals surface area contributed by atoms with Crippen LogP contribution in [0.15, 0.2) is 70.5 Å². The van der Waals surface area contributed by atoms with E-state index in [4.69, 9.17) is 4.74 Å². The maximum Gasteiger partial charge on any atom is 0.333 e. The number of hydrogen-bond acceptors (Lipinski definition) is 6. The lowest BCUT2D eigenvalue weighted by Gasteiger charge is -2.13. The maximum absolute atomic E-state index is 13.3. The number of hydrogen-bond donors (Lipinski definition) is 1. The summed E-state index contributed by atoms with van der Waals surface area (Å²) in [5, 5.41) is 2.80. The number of rotatable bonds is 7. The molecule has 174 valence electrons. The second kappa shape index (κ2) is 9.70. The van der Waals surface area contributed by atoms with Gasteiger partial charge < -0.3 is 10.1 Å². The van der Waals surface area contributed by atoms with Crippen molar-refractivity contribution in [2.24, 2.45) is 0 Å². The van der Waals surface area contributed by atoms with Crippen molar-refractivity contribution in [1.82, 2.24) is 19.1 Å². The second-order valence-corrected chi connectivity index (χ2v) is 8.16. The highest BCUT2D eigenvalue weighted by atomic mass is 16.5. The Morgan fingerprint density at radius 1 is 0.971 bits per heavy atom. The van der Waals surface area contributed by atoms with Crippen LogP contribution in [-0.4, -0.2) is 32.1 Å². The maximum atomic E-state index is 13.3. The molecule has 0 saturated heterocycles. The summed E-state index contributed by atoms with van der Waals surface area (Å²) in [7, 11) is 1.56. The van der Waals surface area contributed by atoms with Gasteiger partial charge in [-0.25, -0.2) is 14.8 Å². The molecule has 1 amide bonds. The van der Waals surface area contributed by atoms with Crippen LogP contribution in [0.5, 0.6) is 5.75 Å². The van der Waals surface area contributed by atoms with Gasteiger partial charge in [-0.05, 0) is 41.3 Å². The zero-order valence-electron chi connectivity index (χ0n) is 19.2. The van der Waals surface area contributed by atoms with Crippen molar-refractivity contribution in [2.75, 3.05) is 12.4 Å². The van der Waals surface area contributed by atoms with Crippen molar-refractivity contribution in [3.05, 3.63) is 92.9 Å². The minimum Gasteiger partial charge on any atom is -0.497 e. The quantitative estimate of drug-likeness (QED) is 0.455. The second-order valence-electron chi connectivity index (χ2n) is 8.16. The normalized spacial score (nSPS) is 11.1.